The summed E-state index contributed by atoms with van der Waals surface area (Å²) in [6.45, 7) is 3.57. The van der Waals surface area contributed by atoms with Crippen molar-refractivity contribution < 1.29 is 23.9 Å². The Morgan fingerprint density at radius 1 is 1.11 bits per heavy atom. The predicted molar refractivity (Wildman–Crippen MR) is 137 cm³/mol. The summed E-state index contributed by atoms with van der Waals surface area (Å²) in [6.07, 6.45) is 1.31. The van der Waals surface area contributed by atoms with Crippen molar-refractivity contribution in [3.05, 3.63) is 46.2 Å². The summed E-state index contributed by atoms with van der Waals surface area (Å²) in [5.41, 5.74) is 0.948. The maximum Gasteiger partial charge on any atom is 0.265 e. The first-order valence-electron chi connectivity index (χ1n) is 12.4. The van der Waals surface area contributed by atoms with Gasteiger partial charge in [-0.3, -0.25) is 14.4 Å². The molecular formula is C26H32N4O5S. The number of nitrogens with zero attached hydrogens (tertiary/aromatic N) is 3. The third-order valence-corrected chi connectivity index (χ3v) is 8.14. The van der Waals surface area contributed by atoms with Gasteiger partial charge in [0.15, 0.2) is 0 Å². The Bertz CT molecular complexity index is 1120. The summed E-state index contributed by atoms with van der Waals surface area (Å²) in [5, 5.41) is 4.70. The van der Waals surface area contributed by atoms with Crippen LogP contribution in [0, 0.1) is 0 Å². The molecule has 5 rings (SSSR count). The molecule has 2 aromatic rings. The second-order valence-corrected chi connectivity index (χ2v) is 10.6. The van der Waals surface area contributed by atoms with Crippen LogP contribution < -0.4 is 10.1 Å². The largest absolute Gasteiger partial charge is 0.490 e. The van der Waals surface area contributed by atoms with E-state index in [0.717, 1.165) is 32.6 Å². The van der Waals surface area contributed by atoms with E-state index >= 15 is 0 Å². The molecule has 1 N–H and O–H groups in total. The number of piperazine rings is 1. The summed E-state index contributed by atoms with van der Waals surface area (Å²) in [6, 6.07) is 8.54. The lowest BCUT2D eigenvalue weighted by Crippen LogP contribution is -2.54. The number of anilines is 1. The lowest BCUT2D eigenvalue weighted by molar-refractivity contribution is -0.144. The fourth-order valence-corrected chi connectivity index (χ4v) is 5.70. The van der Waals surface area contributed by atoms with Crippen molar-refractivity contribution in [1.29, 1.82) is 0 Å². The molecule has 192 valence electrons. The van der Waals surface area contributed by atoms with Gasteiger partial charge >= 0.3 is 0 Å². The molecule has 1 aromatic carbocycles. The maximum absolute atomic E-state index is 13.4. The first kappa shape index (κ1) is 24.7. The molecule has 1 aromatic heterocycles. The number of thiophene rings is 1. The average molecular weight is 513 g/mol. The van der Waals surface area contributed by atoms with Crippen LogP contribution in [0.2, 0.25) is 0 Å². The summed E-state index contributed by atoms with van der Waals surface area (Å²) in [5.74, 6) is 0.196. The van der Waals surface area contributed by atoms with Gasteiger partial charge in [-0.15, -0.1) is 11.3 Å². The highest BCUT2D eigenvalue weighted by atomic mass is 32.1. The minimum absolute atomic E-state index is 0.130. The van der Waals surface area contributed by atoms with E-state index in [0.29, 0.717) is 34.7 Å². The Hall–Kier alpha value is -2.95. The lowest BCUT2D eigenvalue weighted by Gasteiger charge is -2.42. The summed E-state index contributed by atoms with van der Waals surface area (Å²) in [4.78, 5) is 45.2. The van der Waals surface area contributed by atoms with Gasteiger partial charge in [0.25, 0.3) is 11.8 Å². The van der Waals surface area contributed by atoms with Crippen LogP contribution in [0.5, 0.6) is 5.75 Å². The highest BCUT2D eigenvalue weighted by molar-refractivity contribution is 7.12. The third-order valence-electron chi connectivity index (χ3n) is 7.27. The smallest absolute Gasteiger partial charge is 0.265 e. The van der Waals surface area contributed by atoms with Crippen LogP contribution in [0.1, 0.15) is 39.3 Å². The molecule has 3 aliphatic heterocycles. The zero-order valence-electron chi connectivity index (χ0n) is 20.6. The number of nitrogens with one attached hydrogen (secondary N) is 1. The molecule has 0 bridgehead atoms. The topological polar surface area (TPSA) is 91.4 Å². The van der Waals surface area contributed by atoms with Gasteiger partial charge in [-0.05, 0) is 49.5 Å². The molecule has 0 radical (unpaired) electrons. The molecule has 36 heavy (non-hydrogen) atoms. The van der Waals surface area contributed by atoms with Gasteiger partial charge in [-0.1, -0.05) is 6.07 Å². The van der Waals surface area contributed by atoms with E-state index in [9.17, 15) is 14.4 Å². The normalized spacial score (nSPS) is 24.7. The second-order valence-electron chi connectivity index (χ2n) is 9.70. The van der Waals surface area contributed by atoms with Crippen LogP contribution in [0.15, 0.2) is 35.7 Å². The molecule has 2 saturated heterocycles. The Kier molecular flexibility index (Phi) is 7.27. The van der Waals surface area contributed by atoms with Crippen LogP contribution in [-0.2, 0) is 9.53 Å². The number of carbonyl (C=O) groups is 3. The van der Waals surface area contributed by atoms with Crippen LogP contribution in [0.4, 0.5) is 5.69 Å². The summed E-state index contributed by atoms with van der Waals surface area (Å²) in [7, 11) is 3.85. The fourth-order valence-electron chi connectivity index (χ4n) is 5.09. The molecule has 3 amide bonds. The molecule has 3 aliphatic rings. The monoisotopic (exact) mass is 512 g/mol. The van der Waals surface area contributed by atoms with E-state index in [1.807, 2.05) is 16.3 Å². The van der Waals surface area contributed by atoms with Crippen LogP contribution in [-0.4, -0.2) is 97.6 Å². The van der Waals surface area contributed by atoms with Crippen molar-refractivity contribution in [2.45, 2.75) is 37.5 Å². The number of hydrogen-bond acceptors (Lipinski definition) is 7. The van der Waals surface area contributed by atoms with Gasteiger partial charge in [0, 0.05) is 38.9 Å². The quantitative estimate of drug-likeness (QED) is 0.677. The number of carbonyl (C=O) groups excluding carboxylic acids is 3. The third kappa shape index (κ3) is 5.25. The Morgan fingerprint density at radius 2 is 1.92 bits per heavy atom. The van der Waals surface area contributed by atoms with E-state index < -0.39 is 0 Å². The molecule has 0 spiro atoms. The molecule has 9 nitrogen and oxygen atoms in total. The van der Waals surface area contributed by atoms with Gasteiger partial charge < -0.3 is 29.5 Å². The molecular weight excluding hydrogens is 480 g/mol. The van der Waals surface area contributed by atoms with Crippen molar-refractivity contribution in [2.24, 2.45) is 0 Å². The van der Waals surface area contributed by atoms with E-state index in [1.165, 1.54) is 11.3 Å². The number of likely N-dealkylation sites (N-methyl/N-ethyl adjacent to an activating group) is 2. The van der Waals surface area contributed by atoms with E-state index in [2.05, 4.69) is 17.3 Å². The van der Waals surface area contributed by atoms with Crippen molar-refractivity contribution in [3.8, 4) is 5.75 Å². The predicted octanol–water partition coefficient (Wildman–Crippen LogP) is 2.55. The van der Waals surface area contributed by atoms with Crippen molar-refractivity contribution in [3.63, 3.8) is 0 Å². The molecule has 0 saturated carbocycles. The van der Waals surface area contributed by atoms with Gasteiger partial charge in [-0.2, -0.15) is 0 Å². The zero-order chi connectivity index (χ0) is 25.2. The van der Waals surface area contributed by atoms with Gasteiger partial charge in [0.1, 0.15) is 18.5 Å². The SMILES string of the molecule is CN1CCN(C(=O)C[C@@H]2CC[C@@H]3[C@@H](COc4ccc(NC(=O)c5cccs5)cc4C(=O)N3C)O2)CC1. The van der Waals surface area contributed by atoms with Crippen LogP contribution in [0.25, 0.3) is 0 Å². The Labute approximate surface area is 214 Å². The highest BCUT2D eigenvalue weighted by Gasteiger charge is 2.39. The number of amides is 3. The van der Waals surface area contributed by atoms with Gasteiger partial charge in [0.2, 0.25) is 5.91 Å². The van der Waals surface area contributed by atoms with Gasteiger partial charge in [-0.25, -0.2) is 0 Å². The molecule has 2 fully saturated rings. The Morgan fingerprint density at radius 3 is 2.67 bits per heavy atom. The zero-order valence-corrected chi connectivity index (χ0v) is 21.5. The second kappa shape index (κ2) is 10.6. The Balaban J connectivity index is 1.25. The fraction of sp³-hybridized carbons (Fsp3) is 0.500. The molecule has 0 aliphatic carbocycles. The van der Waals surface area contributed by atoms with Crippen LogP contribution >= 0.6 is 11.3 Å². The minimum Gasteiger partial charge on any atom is -0.490 e. The number of rotatable bonds is 4. The van der Waals surface area contributed by atoms with Crippen molar-refractivity contribution in [2.75, 3.05) is 52.2 Å². The highest BCUT2D eigenvalue weighted by Crippen LogP contribution is 2.33. The van der Waals surface area contributed by atoms with E-state index in [4.69, 9.17) is 9.47 Å². The van der Waals surface area contributed by atoms with E-state index in [1.54, 1.807) is 36.2 Å². The van der Waals surface area contributed by atoms with Gasteiger partial charge in [0.05, 0.1) is 29.0 Å². The standard InChI is InChI=1S/C26H32N4O5S/c1-28-9-11-30(12-10-28)24(31)15-18-6-7-20-22(35-18)16-34-21-8-5-17(14-19(21)26(33)29(20)2)27-25(32)23-4-3-13-36-23/h3-5,8,13-14,18,20,22H,6-7,9-12,15-16H2,1-2H3,(H,27,32)/t18-,20+,22+/m0/s1. The molecule has 4 heterocycles. The summed E-state index contributed by atoms with van der Waals surface area (Å²) < 4.78 is 12.4. The number of hydrogen-bond donors (Lipinski definition) is 1. The maximum atomic E-state index is 13.4. The number of benzene rings is 1. The minimum atomic E-state index is -0.315. The lowest BCUT2D eigenvalue weighted by atomic mass is 9.94. The number of ether oxygens (including phenoxy) is 2. The molecule has 0 unspecified atom stereocenters. The van der Waals surface area contributed by atoms with Crippen molar-refractivity contribution in [1.82, 2.24) is 14.7 Å². The summed E-state index contributed by atoms with van der Waals surface area (Å²) >= 11 is 1.36. The van der Waals surface area contributed by atoms with E-state index in [-0.39, 0.29) is 42.6 Å². The first-order chi connectivity index (χ1) is 17.4. The first-order valence-corrected chi connectivity index (χ1v) is 13.3. The molecule has 10 heteroatoms. The molecule has 3 atom stereocenters. The number of fused-ring (bicyclic) bond motifs is 2. The average Bonchev–Trinajstić information content (AvgIpc) is 3.42. The van der Waals surface area contributed by atoms with Crippen molar-refractivity contribution >= 4 is 34.7 Å². The van der Waals surface area contributed by atoms with Crippen LogP contribution in [0.3, 0.4) is 0 Å².